The second-order valence-corrected chi connectivity index (χ2v) is 6.32. The lowest BCUT2D eigenvalue weighted by Crippen LogP contribution is -2.37. The van der Waals surface area contributed by atoms with Gasteiger partial charge in [0.1, 0.15) is 11.5 Å². The van der Waals surface area contributed by atoms with E-state index in [1.807, 2.05) is 29.2 Å². The monoisotopic (exact) mass is 338 g/mol. The number of rotatable bonds is 5. The van der Waals surface area contributed by atoms with Gasteiger partial charge < -0.3 is 15.4 Å². The van der Waals surface area contributed by atoms with Crippen LogP contribution in [-0.2, 0) is 4.79 Å². The Kier molecular flexibility index (Phi) is 5.03. The van der Waals surface area contributed by atoms with Crippen molar-refractivity contribution in [1.29, 1.82) is 0 Å². The first-order valence-corrected chi connectivity index (χ1v) is 8.52. The molecule has 0 saturated heterocycles. The quantitative estimate of drug-likeness (QED) is 0.899. The van der Waals surface area contributed by atoms with Gasteiger partial charge in [-0.2, -0.15) is 0 Å². The lowest BCUT2D eigenvalue weighted by Gasteiger charge is -2.28. The number of nitrogens with two attached hydrogens (primary N) is 1. The number of ether oxygens (including phenoxy) is 1. The third-order valence-electron chi connectivity index (χ3n) is 4.50. The van der Waals surface area contributed by atoms with E-state index in [0.717, 1.165) is 18.5 Å². The molecule has 1 aliphatic rings. The van der Waals surface area contributed by atoms with E-state index in [9.17, 15) is 9.59 Å². The second kappa shape index (κ2) is 7.38. The van der Waals surface area contributed by atoms with Gasteiger partial charge in [-0.25, -0.2) is 0 Å². The van der Waals surface area contributed by atoms with Crippen LogP contribution < -0.4 is 15.4 Å². The van der Waals surface area contributed by atoms with Crippen molar-refractivity contribution in [3.05, 3.63) is 54.1 Å². The van der Waals surface area contributed by atoms with Crippen molar-refractivity contribution in [1.82, 2.24) is 0 Å². The molecule has 2 aromatic carbocycles. The molecular formula is C20H22N2O3. The molecule has 0 spiro atoms. The van der Waals surface area contributed by atoms with Crippen LogP contribution in [0.3, 0.4) is 0 Å². The van der Waals surface area contributed by atoms with Gasteiger partial charge in [0, 0.05) is 24.2 Å². The number of carbonyl (C=O) groups excluding carboxylic acids is 2. The Morgan fingerprint density at radius 1 is 1.04 bits per heavy atom. The lowest BCUT2D eigenvalue weighted by molar-refractivity contribution is -0.117. The average Bonchev–Trinajstić information content (AvgIpc) is 3.10. The van der Waals surface area contributed by atoms with Gasteiger partial charge in [0.05, 0.1) is 0 Å². The number of hydrogen-bond acceptors (Lipinski definition) is 3. The predicted molar refractivity (Wildman–Crippen MR) is 96.9 cm³/mol. The molecule has 1 fully saturated rings. The van der Waals surface area contributed by atoms with E-state index >= 15 is 0 Å². The summed E-state index contributed by atoms with van der Waals surface area (Å²) < 4.78 is 5.78. The van der Waals surface area contributed by atoms with E-state index in [4.69, 9.17) is 10.5 Å². The first-order chi connectivity index (χ1) is 12.0. The molecule has 0 unspecified atom stereocenters. The molecule has 1 aliphatic carbocycles. The zero-order valence-electron chi connectivity index (χ0n) is 14.3. The maximum atomic E-state index is 12.1. The number of anilines is 1. The summed E-state index contributed by atoms with van der Waals surface area (Å²) in [6.45, 7) is 1.61. The lowest BCUT2D eigenvalue weighted by atomic mass is 10.1. The molecule has 5 nitrogen and oxygen atoms in total. The highest BCUT2D eigenvalue weighted by Gasteiger charge is 2.25. The highest BCUT2D eigenvalue weighted by molar-refractivity contribution is 5.93. The maximum absolute atomic E-state index is 12.1. The molecule has 2 aromatic rings. The number of carbonyl (C=O) groups is 2. The Morgan fingerprint density at radius 2 is 1.72 bits per heavy atom. The molecule has 0 aliphatic heterocycles. The third-order valence-corrected chi connectivity index (χ3v) is 4.50. The van der Waals surface area contributed by atoms with Crippen LogP contribution in [0.15, 0.2) is 48.5 Å². The van der Waals surface area contributed by atoms with Gasteiger partial charge >= 0.3 is 0 Å². The Morgan fingerprint density at radius 3 is 2.32 bits per heavy atom. The van der Waals surface area contributed by atoms with Crippen LogP contribution in [0.2, 0.25) is 0 Å². The van der Waals surface area contributed by atoms with Gasteiger partial charge in [-0.3, -0.25) is 9.59 Å². The molecule has 2 N–H and O–H groups in total. The Bertz CT molecular complexity index is 765. The molecule has 130 valence electrons. The molecule has 0 atom stereocenters. The summed E-state index contributed by atoms with van der Waals surface area (Å²) >= 11 is 0. The summed E-state index contributed by atoms with van der Waals surface area (Å²) in [6.07, 6.45) is 4.45. The van der Waals surface area contributed by atoms with Crippen LogP contribution in [0.1, 0.15) is 43.0 Å². The van der Waals surface area contributed by atoms with Gasteiger partial charge in [0.25, 0.3) is 0 Å². The number of hydrogen-bond donors (Lipinski definition) is 1. The number of amides is 2. The second-order valence-electron chi connectivity index (χ2n) is 6.32. The Balaban J connectivity index is 1.76. The van der Waals surface area contributed by atoms with Crippen LogP contribution in [0.5, 0.6) is 11.5 Å². The zero-order chi connectivity index (χ0) is 17.8. The van der Waals surface area contributed by atoms with Gasteiger partial charge in [0.2, 0.25) is 11.8 Å². The minimum absolute atomic E-state index is 0.0646. The van der Waals surface area contributed by atoms with Gasteiger partial charge in [0.15, 0.2) is 0 Å². The van der Waals surface area contributed by atoms with Crippen molar-refractivity contribution in [2.24, 2.45) is 5.73 Å². The normalized spacial score (nSPS) is 14.3. The Labute approximate surface area is 147 Å². The summed E-state index contributed by atoms with van der Waals surface area (Å²) in [5.41, 5.74) is 6.57. The van der Waals surface area contributed by atoms with E-state index in [1.54, 1.807) is 31.2 Å². The van der Waals surface area contributed by atoms with Crippen LogP contribution in [0, 0.1) is 0 Å². The van der Waals surface area contributed by atoms with Crippen LogP contribution in [0.25, 0.3) is 0 Å². The standard InChI is InChI=1S/C20H22N2O3/c1-14(23)22(16-6-2-3-7-16)17-9-11-18(12-10-17)25-19-8-4-5-15(13-19)20(21)24/h4-5,8-13,16H,2-3,6-7H2,1H3,(H2,21,24). The van der Waals surface area contributed by atoms with Crippen molar-refractivity contribution < 1.29 is 14.3 Å². The van der Waals surface area contributed by atoms with Crippen LogP contribution >= 0.6 is 0 Å². The number of primary amides is 1. The average molecular weight is 338 g/mol. The first kappa shape index (κ1) is 17.0. The van der Waals surface area contributed by atoms with E-state index in [2.05, 4.69) is 0 Å². The van der Waals surface area contributed by atoms with Crippen molar-refractivity contribution in [2.45, 2.75) is 38.6 Å². The molecular weight excluding hydrogens is 316 g/mol. The van der Waals surface area contributed by atoms with Crippen molar-refractivity contribution in [3.8, 4) is 11.5 Å². The smallest absolute Gasteiger partial charge is 0.248 e. The largest absolute Gasteiger partial charge is 0.457 e. The SMILES string of the molecule is CC(=O)N(c1ccc(Oc2cccc(C(N)=O)c2)cc1)C1CCCC1. The minimum atomic E-state index is -0.491. The first-order valence-electron chi connectivity index (χ1n) is 8.52. The highest BCUT2D eigenvalue weighted by atomic mass is 16.5. The van der Waals surface area contributed by atoms with Gasteiger partial charge in [-0.1, -0.05) is 18.9 Å². The summed E-state index contributed by atoms with van der Waals surface area (Å²) in [7, 11) is 0. The summed E-state index contributed by atoms with van der Waals surface area (Å²) in [5.74, 6) is 0.757. The highest BCUT2D eigenvalue weighted by Crippen LogP contribution is 2.30. The summed E-state index contributed by atoms with van der Waals surface area (Å²) in [4.78, 5) is 25.2. The maximum Gasteiger partial charge on any atom is 0.248 e. The van der Waals surface area contributed by atoms with Crippen LogP contribution in [0.4, 0.5) is 5.69 Å². The molecule has 5 heteroatoms. The molecule has 0 aromatic heterocycles. The molecule has 0 heterocycles. The van der Waals surface area contributed by atoms with Crippen molar-refractivity contribution >= 4 is 17.5 Å². The van der Waals surface area contributed by atoms with E-state index in [0.29, 0.717) is 17.1 Å². The van der Waals surface area contributed by atoms with E-state index < -0.39 is 5.91 Å². The summed E-state index contributed by atoms with van der Waals surface area (Å²) in [6, 6.07) is 14.5. The molecule has 1 saturated carbocycles. The van der Waals surface area contributed by atoms with Gasteiger partial charge in [-0.15, -0.1) is 0 Å². The molecule has 0 radical (unpaired) electrons. The predicted octanol–water partition coefficient (Wildman–Crippen LogP) is 3.87. The number of nitrogens with zero attached hydrogens (tertiary/aromatic N) is 1. The molecule has 2 amide bonds. The molecule has 0 bridgehead atoms. The topological polar surface area (TPSA) is 72.6 Å². The zero-order valence-corrected chi connectivity index (χ0v) is 14.3. The number of benzene rings is 2. The molecule has 25 heavy (non-hydrogen) atoms. The fourth-order valence-electron chi connectivity index (χ4n) is 3.34. The Hall–Kier alpha value is -2.82. The van der Waals surface area contributed by atoms with E-state index in [1.165, 1.54) is 12.8 Å². The van der Waals surface area contributed by atoms with Crippen LogP contribution in [-0.4, -0.2) is 17.9 Å². The van der Waals surface area contributed by atoms with Gasteiger partial charge in [-0.05, 0) is 55.3 Å². The van der Waals surface area contributed by atoms with E-state index in [-0.39, 0.29) is 11.9 Å². The van der Waals surface area contributed by atoms with Crippen molar-refractivity contribution in [3.63, 3.8) is 0 Å². The fourth-order valence-corrected chi connectivity index (χ4v) is 3.34. The minimum Gasteiger partial charge on any atom is -0.457 e. The third kappa shape index (κ3) is 3.99. The summed E-state index contributed by atoms with van der Waals surface area (Å²) in [5, 5.41) is 0. The molecule has 3 rings (SSSR count). The van der Waals surface area contributed by atoms with Crippen molar-refractivity contribution in [2.75, 3.05) is 4.90 Å². The fraction of sp³-hybridized carbons (Fsp3) is 0.300.